The average molecular weight is 329 g/mol. The fourth-order valence-corrected chi connectivity index (χ4v) is 3.16. The number of carbonyl (C=O) groups is 1. The highest BCUT2D eigenvalue weighted by Gasteiger charge is 2.20. The molecule has 0 bridgehead atoms. The van der Waals surface area contributed by atoms with Crippen molar-refractivity contribution in [3.8, 4) is 0 Å². The van der Waals surface area contributed by atoms with E-state index in [4.69, 9.17) is 11.6 Å². The van der Waals surface area contributed by atoms with Crippen LogP contribution in [0.3, 0.4) is 0 Å². The van der Waals surface area contributed by atoms with Gasteiger partial charge in [0.2, 0.25) is 0 Å². The van der Waals surface area contributed by atoms with Gasteiger partial charge in [-0.1, -0.05) is 36.7 Å². The van der Waals surface area contributed by atoms with Crippen LogP contribution in [-0.4, -0.2) is 18.4 Å². The molecule has 1 heterocycles. The Hall–Kier alpha value is -1.84. The van der Waals surface area contributed by atoms with Crippen molar-refractivity contribution < 1.29 is 4.79 Å². The lowest BCUT2D eigenvalue weighted by atomic mass is 9.99. The first-order valence-corrected chi connectivity index (χ1v) is 8.44. The minimum absolute atomic E-state index is 0.147. The number of Topliss-reactive ketones (excluding diaryl/α,β-unsaturated/α-hetero) is 1. The minimum Gasteiger partial charge on any atom is -0.384 e. The summed E-state index contributed by atoms with van der Waals surface area (Å²) in [7, 11) is 0. The van der Waals surface area contributed by atoms with E-state index in [0.29, 0.717) is 6.54 Å². The molecular weight excluding hydrogens is 308 g/mol. The third-order valence-electron chi connectivity index (χ3n) is 4.32. The standard InChI is InChI=1S/C19H21ClN2O/c1-2-17(22-12-15-5-3-4-6-16(15)20)19(23)14-7-8-18-13(11-14)9-10-21-18/h3-8,11,17,21-22H,2,9-10,12H2,1H3. The van der Waals surface area contributed by atoms with Crippen LogP contribution in [0.4, 0.5) is 5.69 Å². The van der Waals surface area contributed by atoms with Gasteiger partial charge in [0.15, 0.2) is 5.78 Å². The summed E-state index contributed by atoms with van der Waals surface area (Å²) in [6, 6.07) is 13.5. The summed E-state index contributed by atoms with van der Waals surface area (Å²) < 4.78 is 0. The van der Waals surface area contributed by atoms with Crippen LogP contribution in [0.5, 0.6) is 0 Å². The lowest BCUT2D eigenvalue weighted by Gasteiger charge is -2.17. The van der Waals surface area contributed by atoms with E-state index >= 15 is 0 Å². The maximum Gasteiger partial charge on any atom is 0.179 e. The van der Waals surface area contributed by atoms with Gasteiger partial charge in [-0.3, -0.25) is 4.79 Å². The maximum absolute atomic E-state index is 12.8. The summed E-state index contributed by atoms with van der Waals surface area (Å²) in [6.45, 7) is 3.57. The monoisotopic (exact) mass is 328 g/mol. The Balaban J connectivity index is 1.70. The zero-order valence-corrected chi connectivity index (χ0v) is 14.0. The molecule has 0 aliphatic carbocycles. The summed E-state index contributed by atoms with van der Waals surface area (Å²) in [5, 5.41) is 7.39. The molecule has 120 valence electrons. The van der Waals surface area contributed by atoms with E-state index in [1.165, 1.54) is 5.56 Å². The van der Waals surface area contributed by atoms with Crippen LogP contribution >= 0.6 is 11.6 Å². The van der Waals surface area contributed by atoms with E-state index < -0.39 is 0 Å². The number of ketones is 1. The van der Waals surface area contributed by atoms with Crippen molar-refractivity contribution in [2.75, 3.05) is 11.9 Å². The molecule has 0 fully saturated rings. The van der Waals surface area contributed by atoms with Crippen LogP contribution in [0.2, 0.25) is 5.02 Å². The first-order chi connectivity index (χ1) is 11.2. The highest BCUT2D eigenvalue weighted by molar-refractivity contribution is 6.31. The molecule has 2 aromatic rings. The Morgan fingerprint density at radius 2 is 2.13 bits per heavy atom. The fourth-order valence-electron chi connectivity index (χ4n) is 2.96. The van der Waals surface area contributed by atoms with Crippen molar-refractivity contribution in [2.45, 2.75) is 32.4 Å². The molecule has 1 atom stereocenters. The zero-order chi connectivity index (χ0) is 16.2. The van der Waals surface area contributed by atoms with E-state index in [-0.39, 0.29) is 11.8 Å². The lowest BCUT2D eigenvalue weighted by Crippen LogP contribution is -2.35. The number of hydrogen-bond donors (Lipinski definition) is 2. The van der Waals surface area contributed by atoms with Crippen molar-refractivity contribution in [2.24, 2.45) is 0 Å². The number of rotatable bonds is 6. The van der Waals surface area contributed by atoms with Gasteiger partial charge < -0.3 is 10.6 Å². The second-order valence-corrected chi connectivity index (χ2v) is 6.25. The molecule has 0 aromatic heterocycles. The molecule has 23 heavy (non-hydrogen) atoms. The largest absolute Gasteiger partial charge is 0.384 e. The van der Waals surface area contributed by atoms with Crippen LogP contribution in [-0.2, 0) is 13.0 Å². The number of nitrogens with one attached hydrogen (secondary N) is 2. The second kappa shape index (κ2) is 7.16. The van der Waals surface area contributed by atoms with Crippen molar-refractivity contribution in [3.05, 3.63) is 64.2 Å². The SMILES string of the molecule is CCC(NCc1ccccc1Cl)C(=O)c1ccc2c(c1)CCN2. The first-order valence-electron chi connectivity index (χ1n) is 8.07. The molecule has 0 amide bonds. The molecule has 3 rings (SSSR count). The summed E-state index contributed by atoms with van der Waals surface area (Å²) in [5.74, 6) is 0.147. The fraction of sp³-hybridized carbons (Fsp3) is 0.316. The molecule has 0 radical (unpaired) electrons. The van der Waals surface area contributed by atoms with Crippen LogP contribution < -0.4 is 10.6 Å². The summed E-state index contributed by atoms with van der Waals surface area (Å²) in [4.78, 5) is 12.8. The molecule has 3 nitrogen and oxygen atoms in total. The van der Waals surface area contributed by atoms with E-state index in [2.05, 4.69) is 10.6 Å². The highest BCUT2D eigenvalue weighted by atomic mass is 35.5. The van der Waals surface area contributed by atoms with Gasteiger partial charge in [0.25, 0.3) is 0 Å². The van der Waals surface area contributed by atoms with Gasteiger partial charge in [-0.05, 0) is 48.2 Å². The van der Waals surface area contributed by atoms with Crippen molar-refractivity contribution >= 4 is 23.1 Å². The molecule has 1 aliphatic heterocycles. The molecular formula is C19H21ClN2O. The number of halogens is 1. The molecule has 0 spiro atoms. The van der Waals surface area contributed by atoms with Crippen LogP contribution in [0.1, 0.15) is 34.8 Å². The molecule has 0 saturated carbocycles. The Bertz CT molecular complexity index is 714. The minimum atomic E-state index is -0.196. The zero-order valence-electron chi connectivity index (χ0n) is 13.2. The Morgan fingerprint density at radius 3 is 2.91 bits per heavy atom. The first kappa shape index (κ1) is 16.0. The molecule has 1 unspecified atom stereocenters. The third kappa shape index (κ3) is 3.57. The second-order valence-electron chi connectivity index (χ2n) is 5.85. The molecule has 0 saturated heterocycles. The molecule has 4 heteroatoms. The number of anilines is 1. The van der Waals surface area contributed by atoms with Crippen molar-refractivity contribution in [1.29, 1.82) is 0 Å². The molecule has 1 aliphatic rings. The predicted molar refractivity (Wildman–Crippen MR) is 95.3 cm³/mol. The van der Waals surface area contributed by atoms with Gasteiger partial charge in [0.05, 0.1) is 6.04 Å². The summed E-state index contributed by atoms with van der Waals surface area (Å²) >= 11 is 6.18. The van der Waals surface area contributed by atoms with E-state index in [1.54, 1.807) is 0 Å². The maximum atomic E-state index is 12.8. The number of fused-ring (bicyclic) bond motifs is 1. The molecule has 2 aromatic carbocycles. The van der Waals surface area contributed by atoms with Crippen LogP contribution in [0.15, 0.2) is 42.5 Å². The van der Waals surface area contributed by atoms with Gasteiger partial charge in [0, 0.05) is 29.4 Å². The summed E-state index contributed by atoms with van der Waals surface area (Å²) in [6.07, 6.45) is 1.74. The van der Waals surface area contributed by atoms with Gasteiger partial charge in [-0.25, -0.2) is 0 Å². The van der Waals surface area contributed by atoms with Gasteiger partial charge in [-0.15, -0.1) is 0 Å². The predicted octanol–water partition coefficient (Wildman–Crippen LogP) is 4.06. The third-order valence-corrected chi connectivity index (χ3v) is 4.69. The number of carbonyl (C=O) groups excluding carboxylic acids is 1. The normalized spacial score (nSPS) is 14.2. The van der Waals surface area contributed by atoms with E-state index in [1.807, 2.05) is 49.4 Å². The van der Waals surface area contributed by atoms with Crippen LogP contribution in [0.25, 0.3) is 0 Å². The van der Waals surface area contributed by atoms with Gasteiger partial charge in [0.1, 0.15) is 0 Å². The topological polar surface area (TPSA) is 41.1 Å². The Labute approximate surface area is 142 Å². The summed E-state index contributed by atoms with van der Waals surface area (Å²) in [5.41, 5.74) is 4.18. The van der Waals surface area contributed by atoms with Crippen LogP contribution in [0, 0.1) is 0 Å². The smallest absolute Gasteiger partial charge is 0.179 e. The lowest BCUT2D eigenvalue weighted by molar-refractivity contribution is 0.0939. The number of hydrogen-bond acceptors (Lipinski definition) is 3. The quantitative estimate of drug-likeness (QED) is 0.786. The Kier molecular flexibility index (Phi) is 4.99. The Morgan fingerprint density at radius 1 is 1.30 bits per heavy atom. The van der Waals surface area contributed by atoms with Crippen molar-refractivity contribution in [1.82, 2.24) is 5.32 Å². The molecule has 2 N–H and O–H groups in total. The average Bonchev–Trinajstić information content (AvgIpc) is 3.04. The van der Waals surface area contributed by atoms with Gasteiger partial charge >= 0.3 is 0 Å². The number of benzene rings is 2. The van der Waals surface area contributed by atoms with E-state index in [9.17, 15) is 4.79 Å². The van der Waals surface area contributed by atoms with Crippen molar-refractivity contribution in [3.63, 3.8) is 0 Å². The van der Waals surface area contributed by atoms with E-state index in [0.717, 1.165) is 41.2 Å². The highest BCUT2D eigenvalue weighted by Crippen LogP contribution is 2.24. The van der Waals surface area contributed by atoms with Gasteiger partial charge in [-0.2, -0.15) is 0 Å².